The van der Waals surface area contributed by atoms with Crippen LogP contribution in [0, 0.1) is 16.0 Å². The lowest BCUT2D eigenvalue weighted by Gasteiger charge is -2.08. The summed E-state index contributed by atoms with van der Waals surface area (Å²) in [6.07, 6.45) is 5.53. The van der Waals surface area contributed by atoms with Crippen LogP contribution < -0.4 is 0 Å². The second-order valence-electron chi connectivity index (χ2n) is 5.64. The van der Waals surface area contributed by atoms with E-state index in [0.29, 0.717) is 23.7 Å². The van der Waals surface area contributed by atoms with Gasteiger partial charge >= 0.3 is 5.69 Å². The van der Waals surface area contributed by atoms with E-state index in [2.05, 4.69) is 50.5 Å². The smallest absolute Gasteiger partial charge is 0.316 e. The molecular weight excluding hydrogens is 428 g/mol. The summed E-state index contributed by atoms with van der Waals surface area (Å²) in [5.74, 6) is 0.510. The molecule has 0 aromatic carbocycles. The maximum Gasteiger partial charge on any atom is 0.316 e. The summed E-state index contributed by atoms with van der Waals surface area (Å²) in [6.45, 7) is 5.20. The van der Waals surface area contributed by atoms with Gasteiger partial charge in [0, 0.05) is 24.3 Å². The van der Waals surface area contributed by atoms with Crippen LogP contribution in [0.5, 0.6) is 0 Å². The molecule has 0 saturated heterocycles. The third kappa shape index (κ3) is 3.23. The van der Waals surface area contributed by atoms with E-state index in [4.69, 9.17) is 0 Å². The lowest BCUT2D eigenvalue weighted by Crippen LogP contribution is -2.02. The lowest BCUT2D eigenvalue weighted by atomic mass is 10.2. The third-order valence-electron chi connectivity index (χ3n) is 3.44. The van der Waals surface area contributed by atoms with E-state index in [-0.39, 0.29) is 5.69 Å². The van der Waals surface area contributed by atoms with Gasteiger partial charge in [0.25, 0.3) is 0 Å². The number of nitro groups is 1. The quantitative estimate of drug-likeness (QED) is 0.256. The monoisotopic (exact) mass is 443 g/mol. The Morgan fingerprint density at radius 1 is 1.48 bits per heavy atom. The first kappa shape index (κ1) is 16.3. The van der Waals surface area contributed by atoms with Crippen molar-refractivity contribution in [3.05, 3.63) is 40.8 Å². The number of halogens is 1. The predicted octanol–water partition coefficient (Wildman–Crippen LogP) is 4.26. The minimum Gasteiger partial charge on any atom is -0.347 e. The van der Waals surface area contributed by atoms with Crippen LogP contribution in [-0.4, -0.2) is 24.0 Å². The van der Waals surface area contributed by atoms with E-state index in [9.17, 15) is 10.1 Å². The Balaban J connectivity index is 2.13. The fourth-order valence-electron chi connectivity index (χ4n) is 2.49. The standard InChI is InChI=1S/C14H15IN5O2P/c1-9(2)7-18-4-3-10-6-16-11(5-12(10)18)14-13(20(21)22)8-19(17-14)23-15/h3-6,8-9,23H,7H2,1-2H3. The first-order valence-electron chi connectivity index (χ1n) is 7.05. The Morgan fingerprint density at radius 3 is 2.91 bits per heavy atom. The second-order valence-corrected chi connectivity index (χ2v) is 7.71. The van der Waals surface area contributed by atoms with Gasteiger partial charge in [0.15, 0.2) is 5.69 Å². The number of hydrogen-bond donors (Lipinski definition) is 0. The van der Waals surface area contributed by atoms with Crippen molar-refractivity contribution in [3.8, 4) is 11.4 Å². The molecule has 3 aromatic heterocycles. The van der Waals surface area contributed by atoms with Crippen LogP contribution in [0.4, 0.5) is 5.69 Å². The first-order chi connectivity index (χ1) is 11.0. The highest BCUT2D eigenvalue weighted by molar-refractivity contribution is 14.2. The van der Waals surface area contributed by atoms with Gasteiger partial charge < -0.3 is 4.57 Å². The van der Waals surface area contributed by atoms with Crippen molar-refractivity contribution in [1.82, 2.24) is 19.1 Å². The summed E-state index contributed by atoms with van der Waals surface area (Å²) in [6, 6.07) is 3.89. The molecular formula is C14H15IN5O2P. The minimum absolute atomic E-state index is 0.0111. The molecule has 0 aliphatic heterocycles. The fraction of sp³-hybridized carbons (Fsp3) is 0.286. The average Bonchev–Trinajstić information content (AvgIpc) is 3.11. The molecule has 0 aliphatic rings. The van der Waals surface area contributed by atoms with Gasteiger partial charge in [-0.25, -0.2) is 4.45 Å². The molecule has 0 saturated carbocycles. The molecule has 1 atom stereocenters. The molecule has 3 aromatic rings. The largest absolute Gasteiger partial charge is 0.347 e. The molecule has 3 rings (SSSR count). The molecule has 7 nitrogen and oxygen atoms in total. The van der Waals surface area contributed by atoms with Gasteiger partial charge in [-0.2, -0.15) is 5.10 Å². The molecule has 0 amide bonds. The number of fused-ring (bicyclic) bond motifs is 1. The van der Waals surface area contributed by atoms with E-state index in [1.54, 1.807) is 10.6 Å². The van der Waals surface area contributed by atoms with Crippen molar-refractivity contribution < 1.29 is 4.92 Å². The van der Waals surface area contributed by atoms with E-state index >= 15 is 0 Å². The molecule has 23 heavy (non-hydrogen) atoms. The zero-order chi connectivity index (χ0) is 16.6. The summed E-state index contributed by atoms with van der Waals surface area (Å²) in [5, 5.41) is 16.6. The number of rotatable bonds is 5. The van der Waals surface area contributed by atoms with Gasteiger partial charge in [0.2, 0.25) is 0 Å². The summed E-state index contributed by atoms with van der Waals surface area (Å²) < 4.78 is 3.72. The van der Waals surface area contributed by atoms with Crippen molar-refractivity contribution in [2.45, 2.75) is 20.4 Å². The van der Waals surface area contributed by atoms with E-state index in [0.717, 1.165) is 17.4 Å². The number of hydrogen-bond acceptors (Lipinski definition) is 4. The molecule has 0 spiro atoms. The lowest BCUT2D eigenvalue weighted by molar-refractivity contribution is -0.384. The van der Waals surface area contributed by atoms with Crippen LogP contribution >= 0.6 is 28.4 Å². The molecule has 3 heterocycles. The molecule has 0 radical (unpaired) electrons. The molecule has 0 N–H and O–H groups in total. The zero-order valence-electron chi connectivity index (χ0n) is 12.6. The van der Waals surface area contributed by atoms with Gasteiger partial charge in [0.05, 0.1) is 22.5 Å². The Morgan fingerprint density at radius 2 is 2.26 bits per heavy atom. The maximum absolute atomic E-state index is 11.3. The highest BCUT2D eigenvalue weighted by Crippen LogP contribution is 2.33. The number of aromatic nitrogens is 4. The van der Waals surface area contributed by atoms with E-state index in [1.807, 2.05) is 18.3 Å². The van der Waals surface area contributed by atoms with E-state index in [1.165, 1.54) is 6.20 Å². The van der Waals surface area contributed by atoms with Gasteiger partial charge in [-0.15, -0.1) is 0 Å². The topological polar surface area (TPSA) is 78.8 Å². The number of nitrogens with zero attached hydrogens (tertiary/aromatic N) is 5. The van der Waals surface area contributed by atoms with Gasteiger partial charge in [-0.1, -0.05) is 13.8 Å². The molecule has 0 fully saturated rings. The van der Waals surface area contributed by atoms with Crippen LogP contribution in [0.2, 0.25) is 0 Å². The van der Waals surface area contributed by atoms with Crippen LogP contribution in [0.15, 0.2) is 30.7 Å². The van der Waals surface area contributed by atoms with Crippen LogP contribution in [0.3, 0.4) is 0 Å². The van der Waals surface area contributed by atoms with Crippen molar-refractivity contribution in [3.63, 3.8) is 0 Å². The Kier molecular flexibility index (Phi) is 4.63. The summed E-state index contributed by atoms with van der Waals surface area (Å²) >= 11 is 2.14. The summed E-state index contributed by atoms with van der Waals surface area (Å²) in [4.78, 5) is 15.2. The van der Waals surface area contributed by atoms with Crippen LogP contribution in [0.25, 0.3) is 22.3 Å². The van der Waals surface area contributed by atoms with Gasteiger partial charge in [-0.05, 0) is 40.1 Å². The van der Waals surface area contributed by atoms with Crippen molar-refractivity contribution in [2.75, 3.05) is 0 Å². The van der Waals surface area contributed by atoms with E-state index < -0.39 is 4.92 Å². The molecule has 120 valence electrons. The highest BCUT2D eigenvalue weighted by atomic mass is 127. The van der Waals surface area contributed by atoms with Crippen molar-refractivity contribution in [1.29, 1.82) is 0 Å². The van der Waals surface area contributed by atoms with Crippen LogP contribution in [0.1, 0.15) is 13.8 Å². The molecule has 9 heteroatoms. The normalized spacial score (nSPS) is 12.0. The Labute approximate surface area is 147 Å². The number of pyridine rings is 1. The van der Waals surface area contributed by atoms with Crippen molar-refractivity contribution >= 4 is 45.0 Å². The predicted molar refractivity (Wildman–Crippen MR) is 100 cm³/mol. The second kappa shape index (κ2) is 6.52. The maximum atomic E-state index is 11.3. The van der Waals surface area contributed by atoms with Gasteiger partial charge in [0.1, 0.15) is 6.20 Å². The van der Waals surface area contributed by atoms with Crippen molar-refractivity contribution in [2.24, 2.45) is 5.92 Å². The zero-order valence-corrected chi connectivity index (χ0v) is 15.8. The highest BCUT2D eigenvalue weighted by Gasteiger charge is 2.22. The third-order valence-corrected chi connectivity index (χ3v) is 5.32. The SMILES string of the molecule is CC(C)Cn1ccc2cnc(-c3nn(PI)cc3[N+](=O)[O-])cc21. The summed E-state index contributed by atoms with van der Waals surface area (Å²) in [7, 11) is 0. The minimum atomic E-state index is -0.408. The summed E-state index contributed by atoms with van der Waals surface area (Å²) in [5.41, 5.74) is 1.85. The Bertz CT molecular complexity index is 873. The van der Waals surface area contributed by atoms with Crippen LogP contribution in [-0.2, 0) is 6.54 Å². The molecule has 0 bridgehead atoms. The van der Waals surface area contributed by atoms with Gasteiger partial charge in [-0.3, -0.25) is 15.1 Å². The first-order valence-corrected chi connectivity index (χ1v) is 11.1. The molecule has 0 aliphatic carbocycles. The fourth-order valence-corrected chi connectivity index (χ4v) is 3.54. The molecule has 1 unspecified atom stereocenters. The average molecular weight is 443 g/mol. The Hall–Kier alpha value is -1.54.